The first-order chi connectivity index (χ1) is 26.2. The van der Waals surface area contributed by atoms with E-state index in [4.69, 9.17) is 37.4 Å². The number of halogens is 7. The van der Waals surface area contributed by atoms with Gasteiger partial charge in [-0.15, -0.1) is 0 Å². The number of carbonyl (C=O) groups is 1. The first-order valence-electron chi connectivity index (χ1n) is 16.7. The lowest BCUT2D eigenvalue weighted by molar-refractivity contribution is -0.137. The van der Waals surface area contributed by atoms with Crippen LogP contribution in [0.5, 0.6) is 11.5 Å². The molecule has 2 aromatic heterocycles. The summed E-state index contributed by atoms with van der Waals surface area (Å²) in [7, 11) is 3.03. The summed E-state index contributed by atoms with van der Waals surface area (Å²) >= 11 is 13.1. The summed E-state index contributed by atoms with van der Waals surface area (Å²) in [5.74, 6) is -0.369. The standard InChI is InChI=1S/C37H31Cl2F5N6O5/c1-53-23-7-3-19(4-8-23)13-48(14-20-5-9-24(54-2)10-6-20)28-12-27(39)30(37(42,43)44)33(45-28)29-26(38)11-25-32(31(29)40)46-35(41)47-34(25)50-21-15-49(36(51)52)16-22(50)18-55-17-21/h3-12,21-22H,13-18H2,1-2H3,(H,51,52). The van der Waals surface area contributed by atoms with Crippen LogP contribution in [0, 0.1) is 11.9 Å². The Morgan fingerprint density at radius 2 is 1.45 bits per heavy atom. The summed E-state index contributed by atoms with van der Waals surface area (Å²) in [6.07, 6.45) is -7.66. The zero-order chi connectivity index (χ0) is 39.2. The van der Waals surface area contributed by atoms with Crippen molar-refractivity contribution in [1.82, 2.24) is 19.9 Å². The Labute approximate surface area is 320 Å². The molecule has 2 atom stereocenters. The molecule has 5 aromatic rings. The Kier molecular flexibility index (Phi) is 10.5. The van der Waals surface area contributed by atoms with Gasteiger partial charge in [0.2, 0.25) is 0 Å². The highest BCUT2D eigenvalue weighted by atomic mass is 35.5. The van der Waals surface area contributed by atoms with Gasteiger partial charge in [-0.3, -0.25) is 0 Å². The smallest absolute Gasteiger partial charge is 0.419 e. The van der Waals surface area contributed by atoms with Crippen LogP contribution in [0.25, 0.3) is 22.2 Å². The molecule has 3 aromatic carbocycles. The number of ether oxygens (including phenoxy) is 3. The van der Waals surface area contributed by atoms with Crippen LogP contribution >= 0.6 is 23.2 Å². The lowest BCUT2D eigenvalue weighted by Crippen LogP contribution is -2.66. The fourth-order valence-electron chi connectivity index (χ4n) is 6.97. The third-order valence-electron chi connectivity index (χ3n) is 9.49. The Bertz CT molecular complexity index is 2190. The van der Waals surface area contributed by atoms with Gasteiger partial charge < -0.3 is 34.0 Å². The Morgan fingerprint density at radius 3 is 1.96 bits per heavy atom. The molecule has 2 unspecified atom stereocenters. The minimum atomic E-state index is -5.14. The lowest BCUT2D eigenvalue weighted by Gasteiger charge is -2.49. The molecule has 1 amide bonds. The van der Waals surface area contributed by atoms with Crippen molar-refractivity contribution in [2.24, 2.45) is 0 Å². The van der Waals surface area contributed by atoms with Gasteiger partial charge in [-0.25, -0.2) is 14.2 Å². The maximum atomic E-state index is 16.9. The van der Waals surface area contributed by atoms with Gasteiger partial charge in [-0.05, 0) is 47.5 Å². The van der Waals surface area contributed by atoms with Crippen LogP contribution in [-0.4, -0.2) is 83.7 Å². The molecule has 0 saturated carbocycles. The minimum Gasteiger partial charge on any atom is -0.497 e. The van der Waals surface area contributed by atoms with Gasteiger partial charge >= 0.3 is 18.3 Å². The number of hydrogen-bond donors (Lipinski definition) is 1. The van der Waals surface area contributed by atoms with E-state index >= 15 is 8.78 Å². The normalized spacial score (nSPS) is 17.0. The van der Waals surface area contributed by atoms with Crippen LogP contribution in [0.1, 0.15) is 16.7 Å². The van der Waals surface area contributed by atoms with E-state index in [1.165, 1.54) is 19.1 Å². The fraction of sp³-hybridized carbons (Fsp3) is 0.297. The number of amides is 1. The van der Waals surface area contributed by atoms with Crippen molar-refractivity contribution in [3.63, 3.8) is 0 Å². The maximum absolute atomic E-state index is 16.9. The number of nitrogens with zero attached hydrogens (tertiary/aromatic N) is 6. The van der Waals surface area contributed by atoms with Crippen LogP contribution in [0.4, 0.5) is 38.4 Å². The molecule has 2 saturated heterocycles. The quantitative estimate of drug-likeness (QED) is 0.116. The van der Waals surface area contributed by atoms with E-state index in [2.05, 4.69) is 15.0 Å². The highest BCUT2D eigenvalue weighted by molar-refractivity contribution is 6.35. The molecule has 0 spiro atoms. The van der Waals surface area contributed by atoms with Crippen molar-refractivity contribution in [3.05, 3.63) is 99.3 Å². The van der Waals surface area contributed by atoms with Gasteiger partial charge in [0.1, 0.15) is 34.2 Å². The first-order valence-corrected chi connectivity index (χ1v) is 17.5. The Hall–Kier alpha value is -5.19. The topological polar surface area (TPSA) is 113 Å². The van der Waals surface area contributed by atoms with E-state index in [9.17, 15) is 23.1 Å². The number of carboxylic acid groups (broad SMARTS) is 1. The number of piperazine rings is 1. The average molecular weight is 806 g/mol. The van der Waals surface area contributed by atoms with Gasteiger partial charge in [0.25, 0.3) is 0 Å². The van der Waals surface area contributed by atoms with E-state index in [-0.39, 0.29) is 56.4 Å². The molecule has 4 heterocycles. The number of morpholine rings is 1. The van der Waals surface area contributed by atoms with Crippen LogP contribution in [0.3, 0.4) is 0 Å². The van der Waals surface area contributed by atoms with Crippen molar-refractivity contribution >= 4 is 51.8 Å². The molecule has 18 heteroatoms. The molecule has 11 nitrogen and oxygen atoms in total. The molecular formula is C37H31Cl2F5N6O5. The molecule has 2 bridgehead atoms. The van der Waals surface area contributed by atoms with Gasteiger partial charge in [-0.2, -0.15) is 27.5 Å². The number of aromatic nitrogens is 3. The summed E-state index contributed by atoms with van der Waals surface area (Å²) in [5.41, 5.74) is -2.38. The Morgan fingerprint density at radius 1 is 0.891 bits per heavy atom. The van der Waals surface area contributed by atoms with E-state index in [0.717, 1.165) is 23.3 Å². The molecule has 1 N–H and O–H groups in total. The number of methoxy groups -OCH3 is 2. The molecule has 0 radical (unpaired) electrons. The zero-order valence-corrected chi connectivity index (χ0v) is 30.6. The SMILES string of the molecule is COc1ccc(CN(Cc2ccc(OC)cc2)c2cc(Cl)c(C(F)(F)F)c(-c3c(Cl)cc4c(N5C6COCC5CN(C(=O)O)C6)nc(F)nc4c3F)n2)cc1. The van der Waals surface area contributed by atoms with Gasteiger partial charge in [0, 0.05) is 31.6 Å². The van der Waals surface area contributed by atoms with Crippen molar-refractivity contribution < 1.29 is 46.1 Å². The monoisotopic (exact) mass is 804 g/mol. The van der Waals surface area contributed by atoms with Crippen LogP contribution in [0.15, 0.2) is 60.7 Å². The fourth-order valence-corrected chi connectivity index (χ4v) is 7.54. The number of pyridine rings is 1. The van der Waals surface area contributed by atoms with E-state index < -0.39 is 68.6 Å². The summed E-state index contributed by atoms with van der Waals surface area (Å²) in [6, 6.07) is 14.9. The van der Waals surface area contributed by atoms with Crippen molar-refractivity contribution in [2.45, 2.75) is 31.3 Å². The van der Waals surface area contributed by atoms with Gasteiger partial charge in [-0.1, -0.05) is 47.5 Å². The molecule has 2 aliphatic rings. The number of hydrogen-bond acceptors (Lipinski definition) is 9. The van der Waals surface area contributed by atoms with Crippen LogP contribution < -0.4 is 19.3 Å². The number of benzene rings is 3. The number of anilines is 2. The van der Waals surface area contributed by atoms with Crippen molar-refractivity contribution in [1.29, 1.82) is 0 Å². The number of rotatable bonds is 9. The largest absolute Gasteiger partial charge is 0.497 e. The highest BCUT2D eigenvalue weighted by Crippen LogP contribution is 2.47. The molecule has 55 heavy (non-hydrogen) atoms. The third kappa shape index (κ3) is 7.58. The second-order valence-electron chi connectivity index (χ2n) is 12.9. The molecule has 0 aliphatic carbocycles. The number of fused-ring (bicyclic) bond motifs is 3. The predicted molar refractivity (Wildman–Crippen MR) is 194 cm³/mol. The summed E-state index contributed by atoms with van der Waals surface area (Å²) in [5, 5.41) is 8.23. The van der Waals surface area contributed by atoms with Crippen LogP contribution in [-0.2, 0) is 24.0 Å². The number of alkyl halides is 3. The van der Waals surface area contributed by atoms with Crippen molar-refractivity contribution in [2.75, 3.05) is 50.3 Å². The molecule has 2 aliphatic heterocycles. The summed E-state index contributed by atoms with van der Waals surface area (Å²) in [4.78, 5) is 28.2. The van der Waals surface area contributed by atoms with Gasteiger partial charge in [0.05, 0.1) is 60.8 Å². The average Bonchev–Trinajstić information content (AvgIpc) is 3.14. The van der Waals surface area contributed by atoms with Crippen molar-refractivity contribution in [3.8, 4) is 22.8 Å². The predicted octanol–water partition coefficient (Wildman–Crippen LogP) is 8.09. The first kappa shape index (κ1) is 38.1. The minimum absolute atomic E-state index is 0.0268. The highest BCUT2D eigenvalue weighted by Gasteiger charge is 2.43. The maximum Gasteiger partial charge on any atom is 0.419 e. The molecule has 288 valence electrons. The summed E-state index contributed by atoms with van der Waals surface area (Å²) in [6.45, 7) is 0.300. The van der Waals surface area contributed by atoms with Crippen LogP contribution in [0.2, 0.25) is 10.0 Å². The molecule has 2 fully saturated rings. The second-order valence-corrected chi connectivity index (χ2v) is 13.7. The third-order valence-corrected chi connectivity index (χ3v) is 10.1. The van der Waals surface area contributed by atoms with Gasteiger partial charge in [0.15, 0.2) is 5.82 Å². The summed E-state index contributed by atoms with van der Waals surface area (Å²) < 4.78 is 92.9. The Balaban J connectivity index is 1.38. The zero-order valence-electron chi connectivity index (χ0n) is 29.1. The van der Waals surface area contributed by atoms with E-state index in [1.807, 2.05) is 0 Å². The molecular weight excluding hydrogens is 774 g/mol. The second kappa shape index (κ2) is 15.2. The lowest BCUT2D eigenvalue weighted by atomic mass is 10.00. The molecule has 7 rings (SSSR count). The van der Waals surface area contributed by atoms with E-state index in [1.54, 1.807) is 58.3 Å². The van der Waals surface area contributed by atoms with E-state index in [0.29, 0.717) is 11.5 Å².